The van der Waals surface area contributed by atoms with Crippen LogP contribution in [0, 0.1) is 12.8 Å². The molecule has 0 aliphatic heterocycles. The van der Waals surface area contributed by atoms with Crippen molar-refractivity contribution in [2.45, 2.75) is 33.6 Å². The van der Waals surface area contributed by atoms with E-state index < -0.39 is 0 Å². The van der Waals surface area contributed by atoms with E-state index in [4.69, 9.17) is 0 Å². The molecule has 0 heterocycles. The van der Waals surface area contributed by atoms with Gasteiger partial charge in [-0.05, 0) is 36.1 Å². The quantitative estimate of drug-likeness (QED) is 0.832. The lowest BCUT2D eigenvalue weighted by Crippen LogP contribution is -2.30. The van der Waals surface area contributed by atoms with Gasteiger partial charge in [0.1, 0.15) is 0 Å². The van der Waals surface area contributed by atoms with Crippen molar-refractivity contribution >= 4 is 17.5 Å². The average molecular weight is 338 g/mol. The molecule has 0 spiro atoms. The van der Waals surface area contributed by atoms with E-state index in [-0.39, 0.29) is 17.7 Å². The molecular formula is C21H26N2O2. The molecular weight excluding hydrogens is 312 g/mol. The van der Waals surface area contributed by atoms with Gasteiger partial charge in [0.15, 0.2) is 0 Å². The second-order valence-electron chi connectivity index (χ2n) is 6.68. The Labute approximate surface area is 149 Å². The largest absolute Gasteiger partial charge is 0.351 e. The summed E-state index contributed by atoms with van der Waals surface area (Å²) in [4.78, 5) is 23.8. The average Bonchev–Trinajstić information content (AvgIpc) is 2.57. The Morgan fingerprint density at radius 2 is 1.72 bits per heavy atom. The van der Waals surface area contributed by atoms with Crippen LogP contribution in [0.2, 0.25) is 0 Å². The number of carbonyl (C=O) groups excluding carboxylic acids is 2. The second-order valence-corrected chi connectivity index (χ2v) is 6.68. The molecule has 2 amide bonds. The van der Waals surface area contributed by atoms with Gasteiger partial charge in [-0.3, -0.25) is 9.59 Å². The fraction of sp³-hybridized carbons (Fsp3) is 0.333. The van der Waals surface area contributed by atoms with Crippen LogP contribution in [0.25, 0.3) is 0 Å². The predicted octanol–water partition coefficient (Wildman–Crippen LogP) is 4.12. The van der Waals surface area contributed by atoms with E-state index in [1.807, 2.05) is 31.2 Å². The first kappa shape index (κ1) is 18.7. The molecule has 0 radical (unpaired) electrons. The molecule has 0 aromatic heterocycles. The zero-order chi connectivity index (χ0) is 18.4. The molecule has 0 fully saturated rings. The minimum absolute atomic E-state index is 0.131. The number of aryl methyl sites for hydroxylation is 1. The monoisotopic (exact) mass is 338 g/mol. The Morgan fingerprint density at radius 3 is 2.32 bits per heavy atom. The van der Waals surface area contributed by atoms with Gasteiger partial charge < -0.3 is 10.6 Å². The Balaban J connectivity index is 2.09. The number of nitrogens with one attached hydrogen (secondary N) is 2. The van der Waals surface area contributed by atoms with Crippen molar-refractivity contribution in [1.82, 2.24) is 5.32 Å². The number of benzene rings is 2. The highest BCUT2D eigenvalue weighted by Gasteiger charge is 2.17. The second kappa shape index (κ2) is 8.47. The van der Waals surface area contributed by atoms with Crippen LogP contribution in [0.1, 0.15) is 48.2 Å². The molecule has 2 aromatic carbocycles. The summed E-state index contributed by atoms with van der Waals surface area (Å²) in [7, 11) is 0. The van der Waals surface area contributed by atoms with Gasteiger partial charge in [0.25, 0.3) is 5.91 Å². The molecule has 2 aromatic rings. The first-order valence-electron chi connectivity index (χ1n) is 8.60. The van der Waals surface area contributed by atoms with Gasteiger partial charge in [0, 0.05) is 30.6 Å². The molecule has 4 nitrogen and oxygen atoms in total. The maximum Gasteiger partial charge on any atom is 0.251 e. The molecule has 0 bridgehead atoms. The Morgan fingerprint density at radius 1 is 1.04 bits per heavy atom. The standard InChI is InChI=1S/C21H26N2O2/c1-14(2)19(17-8-6-5-7-9-17)13-22-21(25)18-11-10-15(3)20(12-18)23-16(4)24/h5-12,14,19H,13H2,1-4H3,(H,22,25)(H,23,24). The van der Waals surface area contributed by atoms with Crippen molar-refractivity contribution in [1.29, 1.82) is 0 Å². The smallest absolute Gasteiger partial charge is 0.251 e. The van der Waals surface area contributed by atoms with Crippen LogP contribution in [-0.4, -0.2) is 18.4 Å². The molecule has 132 valence electrons. The first-order valence-corrected chi connectivity index (χ1v) is 8.60. The van der Waals surface area contributed by atoms with Crippen LogP contribution < -0.4 is 10.6 Å². The molecule has 4 heteroatoms. The van der Waals surface area contributed by atoms with Gasteiger partial charge in [0.2, 0.25) is 5.91 Å². The van der Waals surface area contributed by atoms with Gasteiger partial charge in [-0.25, -0.2) is 0 Å². The number of amides is 2. The first-order chi connectivity index (χ1) is 11.9. The van der Waals surface area contributed by atoms with Gasteiger partial charge in [-0.2, -0.15) is 0 Å². The minimum atomic E-state index is -0.149. The normalized spacial score (nSPS) is 11.9. The maximum atomic E-state index is 12.5. The topological polar surface area (TPSA) is 58.2 Å². The van der Waals surface area contributed by atoms with Crippen LogP contribution in [0.4, 0.5) is 5.69 Å². The van der Waals surface area contributed by atoms with Crippen molar-refractivity contribution < 1.29 is 9.59 Å². The van der Waals surface area contributed by atoms with E-state index in [2.05, 4.69) is 36.6 Å². The molecule has 2 N–H and O–H groups in total. The zero-order valence-corrected chi connectivity index (χ0v) is 15.3. The van der Waals surface area contributed by atoms with Crippen LogP contribution >= 0.6 is 0 Å². The molecule has 0 saturated heterocycles. The molecule has 25 heavy (non-hydrogen) atoms. The number of rotatable bonds is 6. The van der Waals surface area contributed by atoms with Crippen molar-refractivity contribution in [3.05, 3.63) is 65.2 Å². The van der Waals surface area contributed by atoms with E-state index in [0.29, 0.717) is 23.7 Å². The molecule has 2 rings (SSSR count). The summed E-state index contributed by atoms with van der Waals surface area (Å²) >= 11 is 0. The van der Waals surface area contributed by atoms with Crippen LogP contribution in [0.5, 0.6) is 0 Å². The van der Waals surface area contributed by atoms with Crippen molar-refractivity contribution in [3.8, 4) is 0 Å². The summed E-state index contributed by atoms with van der Waals surface area (Å²) in [5, 5.41) is 5.79. The van der Waals surface area contributed by atoms with Crippen LogP contribution in [0.3, 0.4) is 0 Å². The lowest BCUT2D eigenvalue weighted by atomic mass is 9.88. The Bertz CT molecular complexity index is 739. The third-order valence-corrected chi connectivity index (χ3v) is 4.33. The van der Waals surface area contributed by atoms with Gasteiger partial charge >= 0.3 is 0 Å². The lowest BCUT2D eigenvalue weighted by molar-refractivity contribution is -0.114. The maximum absolute atomic E-state index is 12.5. The van der Waals surface area contributed by atoms with E-state index >= 15 is 0 Å². The molecule has 1 atom stereocenters. The summed E-state index contributed by atoms with van der Waals surface area (Å²) in [5.74, 6) is 0.388. The summed E-state index contributed by atoms with van der Waals surface area (Å²) < 4.78 is 0. The highest BCUT2D eigenvalue weighted by Crippen LogP contribution is 2.23. The molecule has 0 aliphatic carbocycles. The van der Waals surface area contributed by atoms with E-state index in [1.165, 1.54) is 12.5 Å². The molecule has 0 aliphatic rings. The van der Waals surface area contributed by atoms with Crippen molar-refractivity contribution in [3.63, 3.8) is 0 Å². The number of anilines is 1. The Kier molecular flexibility index (Phi) is 6.34. The third kappa shape index (κ3) is 5.18. The van der Waals surface area contributed by atoms with Gasteiger partial charge in [-0.15, -0.1) is 0 Å². The number of hydrogen-bond acceptors (Lipinski definition) is 2. The lowest BCUT2D eigenvalue weighted by Gasteiger charge is -2.22. The summed E-state index contributed by atoms with van der Waals surface area (Å²) in [6.45, 7) is 8.25. The van der Waals surface area contributed by atoms with E-state index in [9.17, 15) is 9.59 Å². The number of hydrogen-bond donors (Lipinski definition) is 2. The number of carbonyl (C=O) groups is 2. The van der Waals surface area contributed by atoms with Crippen molar-refractivity contribution in [2.75, 3.05) is 11.9 Å². The molecule has 1 unspecified atom stereocenters. The van der Waals surface area contributed by atoms with Gasteiger partial charge in [-0.1, -0.05) is 50.2 Å². The van der Waals surface area contributed by atoms with Gasteiger partial charge in [0.05, 0.1) is 0 Å². The van der Waals surface area contributed by atoms with Crippen molar-refractivity contribution in [2.24, 2.45) is 5.92 Å². The fourth-order valence-electron chi connectivity index (χ4n) is 2.83. The summed E-state index contributed by atoms with van der Waals surface area (Å²) in [6, 6.07) is 15.6. The predicted molar refractivity (Wildman–Crippen MR) is 102 cm³/mol. The third-order valence-electron chi connectivity index (χ3n) is 4.33. The SMILES string of the molecule is CC(=O)Nc1cc(C(=O)NCC(c2ccccc2)C(C)C)ccc1C. The zero-order valence-electron chi connectivity index (χ0n) is 15.3. The van der Waals surface area contributed by atoms with Crippen LogP contribution in [-0.2, 0) is 4.79 Å². The van der Waals surface area contributed by atoms with E-state index in [0.717, 1.165) is 5.56 Å². The minimum Gasteiger partial charge on any atom is -0.351 e. The molecule has 0 saturated carbocycles. The van der Waals surface area contributed by atoms with Crippen LogP contribution in [0.15, 0.2) is 48.5 Å². The highest BCUT2D eigenvalue weighted by atomic mass is 16.2. The van der Waals surface area contributed by atoms with E-state index in [1.54, 1.807) is 12.1 Å². The highest BCUT2D eigenvalue weighted by molar-refractivity contribution is 5.97. The summed E-state index contributed by atoms with van der Waals surface area (Å²) in [6.07, 6.45) is 0. The Hall–Kier alpha value is -2.62. The fourth-order valence-corrected chi connectivity index (χ4v) is 2.83. The summed E-state index contributed by atoms with van der Waals surface area (Å²) in [5.41, 5.74) is 3.37.